The van der Waals surface area contributed by atoms with E-state index in [1.165, 1.54) is 13.0 Å². The summed E-state index contributed by atoms with van der Waals surface area (Å²) in [5.41, 5.74) is -1.16. The molecular weight excluding hydrogens is 268 g/mol. The molecule has 1 aliphatic heterocycles. The molecule has 2 N–H and O–H groups in total. The molecule has 0 fully saturated rings. The number of carbonyl (C=O) groups is 2. The van der Waals surface area contributed by atoms with Gasteiger partial charge in [0, 0.05) is 11.6 Å². The van der Waals surface area contributed by atoms with E-state index in [1.54, 1.807) is 18.2 Å². The van der Waals surface area contributed by atoms with Crippen LogP contribution >= 0.6 is 11.6 Å². The van der Waals surface area contributed by atoms with Gasteiger partial charge in [-0.15, -0.1) is 6.58 Å². The van der Waals surface area contributed by atoms with Crippen molar-refractivity contribution in [2.24, 2.45) is 0 Å². The highest BCUT2D eigenvalue weighted by atomic mass is 35.5. The monoisotopic (exact) mass is 280 g/mol. The SMILES string of the molecule is C=CCNC(=O)[C@@]1(C)Oc2ccc(Cl)cc2NC1=O. The number of carbonyl (C=O) groups excluding carboxylic acids is 2. The lowest BCUT2D eigenvalue weighted by Crippen LogP contribution is -2.58. The number of ether oxygens (including phenoxy) is 1. The van der Waals surface area contributed by atoms with Crippen LogP contribution in [0.3, 0.4) is 0 Å². The molecule has 19 heavy (non-hydrogen) atoms. The van der Waals surface area contributed by atoms with Crippen molar-refractivity contribution in [3.8, 4) is 5.75 Å². The number of anilines is 1. The Morgan fingerprint density at radius 3 is 3.05 bits per heavy atom. The fourth-order valence-corrected chi connectivity index (χ4v) is 1.85. The summed E-state index contributed by atoms with van der Waals surface area (Å²) in [6, 6.07) is 4.80. The smallest absolute Gasteiger partial charge is 0.278 e. The Morgan fingerprint density at radius 1 is 1.63 bits per heavy atom. The van der Waals surface area contributed by atoms with Crippen molar-refractivity contribution >= 4 is 29.1 Å². The highest BCUT2D eigenvalue weighted by Gasteiger charge is 2.47. The van der Waals surface area contributed by atoms with Gasteiger partial charge in [-0.1, -0.05) is 17.7 Å². The van der Waals surface area contributed by atoms with Crippen molar-refractivity contribution in [2.45, 2.75) is 12.5 Å². The zero-order chi connectivity index (χ0) is 14.0. The molecule has 6 heteroatoms. The van der Waals surface area contributed by atoms with Gasteiger partial charge in [0.25, 0.3) is 17.4 Å². The van der Waals surface area contributed by atoms with Crippen LogP contribution in [0.1, 0.15) is 6.92 Å². The molecule has 1 heterocycles. The second kappa shape index (κ2) is 4.93. The molecule has 100 valence electrons. The average Bonchev–Trinajstić information content (AvgIpc) is 2.37. The Kier molecular flexibility index (Phi) is 3.48. The first kappa shape index (κ1) is 13.4. The lowest BCUT2D eigenvalue weighted by molar-refractivity contribution is -0.146. The lowest BCUT2D eigenvalue weighted by atomic mass is 10.0. The summed E-state index contributed by atoms with van der Waals surface area (Å²) in [6.45, 7) is 5.17. The third-order valence-corrected chi connectivity index (χ3v) is 3.01. The number of benzene rings is 1. The number of halogens is 1. The van der Waals surface area contributed by atoms with Crippen molar-refractivity contribution in [2.75, 3.05) is 11.9 Å². The molecule has 1 aromatic rings. The van der Waals surface area contributed by atoms with Crippen LogP contribution in [0.4, 0.5) is 5.69 Å². The molecule has 0 bridgehead atoms. The largest absolute Gasteiger partial charge is 0.466 e. The summed E-state index contributed by atoms with van der Waals surface area (Å²) in [5, 5.41) is 5.63. The first-order valence-corrected chi connectivity index (χ1v) is 6.04. The van der Waals surface area contributed by atoms with E-state index in [0.29, 0.717) is 16.5 Å². The molecule has 5 nitrogen and oxygen atoms in total. The Labute approximate surface area is 115 Å². The van der Waals surface area contributed by atoms with E-state index in [9.17, 15) is 9.59 Å². The number of fused-ring (bicyclic) bond motifs is 1. The number of nitrogens with one attached hydrogen (secondary N) is 2. The van der Waals surface area contributed by atoms with Gasteiger partial charge < -0.3 is 15.4 Å². The van der Waals surface area contributed by atoms with Crippen LogP contribution in [-0.4, -0.2) is 24.0 Å². The van der Waals surface area contributed by atoms with Gasteiger partial charge >= 0.3 is 0 Å². The van der Waals surface area contributed by atoms with E-state index in [0.717, 1.165) is 0 Å². The predicted molar refractivity (Wildman–Crippen MR) is 72.3 cm³/mol. The minimum absolute atomic E-state index is 0.262. The van der Waals surface area contributed by atoms with Crippen LogP contribution < -0.4 is 15.4 Å². The summed E-state index contributed by atoms with van der Waals surface area (Å²) in [4.78, 5) is 24.0. The minimum atomic E-state index is -1.61. The molecule has 1 aromatic carbocycles. The first-order valence-electron chi connectivity index (χ1n) is 5.66. The summed E-state index contributed by atoms with van der Waals surface area (Å²) in [7, 11) is 0. The van der Waals surface area contributed by atoms with Gasteiger partial charge in [-0.25, -0.2) is 0 Å². The van der Waals surface area contributed by atoms with Crippen molar-refractivity contribution < 1.29 is 14.3 Å². The van der Waals surface area contributed by atoms with Gasteiger partial charge in [0.1, 0.15) is 5.75 Å². The zero-order valence-corrected chi connectivity index (χ0v) is 11.1. The van der Waals surface area contributed by atoms with E-state index in [2.05, 4.69) is 17.2 Å². The Morgan fingerprint density at radius 2 is 2.37 bits per heavy atom. The van der Waals surface area contributed by atoms with Crippen LogP contribution in [0, 0.1) is 0 Å². The topological polar surface area (TPSA) is 67.4 Å². The van der Waals surface area contributed by atoms with Gasteiger partial charge in [0.05, 0.1) is 5.69 Å². The summed E-state index contributed by atoms with van der Waals surface area (Å²) in [5.74, 6) is -0.658. The van der Waals surface area contributed by atoms with Gasteiger partial charge in [0.2, 0.25) is 0 Å². The fourth-order valence-electron chi connectivity index (χ4n) is 1.68. The normalized spacial score (nSPS) is 20.8. The number of hydrogen-bond donors (Lipinski definition) is 2. The number of hydrogen-bond acceptors (Lipinski definition) is 3. The predicted octanol–water partition coefficient (Wildman–Crippen LogP) is 1.73. The van der Waals surface area contributed by atoms with Crippen LogP contribution in [0.2, 0.25) is 5.02 Å². The van der Waals surface area contributed by atoms with E-state index < -0.39 is 17.4 Å². The summed E-state index contributed by atoms with van der Waals surface area (Å²) in [6.07, 6.45) is 1.52. The third-order valence-electron chi connectivity index (χ3n) is 2.78. The maximum Gasteiger partial charge on any atom is 0.278 e. The van der Waals surface area contributed by atoms with Crippen molar-refractivity contribution in [3.63, 3.8) is 0 Å². The van der Waals surface area contributed by atoms with Gasteiger partial charge in [-0.05, 0) is 25.1 Å². The van der Waals surface area contributed by atoms with Crippen LogP contribution in [0.15, 0.2) is 30.9 Å². The van der Waals surface area contributed by atoms with Gasteiger partial charge in [-0.3, -0.25) is 9.59 Å². The second-order valence-corrected chi connectivity index (χ2v) is 4.67. The lowest BCUT2D eigenvalue weighted by Gasteiger charge is -2.33. The van der Waals surface area contributed by atoms with Crippen LogP contribution in [-0.2, 0) is 9.59 Å². The second-order valence-electron chi connectivity index (χ2n) is 4.23. The highest BCUT2D eigenvalue weighted by molar-refractivity contribution is 6.31. The maximum absolute atomic E-state index is 12.0. The van der Waals surface area contributed by atoms with Gasteiger partial charge in [0.15, 0.2) is 0 Å². The van der Waals surface area contributed by atoms with Gasteiger partial charge in [-0.2, -0.15) is 0 Å². The number of rotatable bonds is 3. The van der Waals surface area contributed by atoms with Crippen LogP contribution in [0.25, 0.3) is 0 Å². The molecule has 0 spiro atoms. The first-order chi connectivity index (χ1) is 8.97. The van der Waals surface area contributed by atoms with Crippen molar-refractivity contribution in [1.29, 1.82) is 0 Å². The molecule has 1 atom stereocenters. The van der Waals surface area contributed by atoms with Crippen molar-refractivity contribution in [1.82, 2.24) is 5.32 Å². The van der Waals surface area contributed by atoms with E-state index in [-0.39, 0.29) is 6.54 Å². The molecular formula is C13H13ClN2O3. The third kappa shape index (κ3) is 2.42. The molecule has 2 amide bonds. The molecule has 0 saturated carbocycles. The molecule has 0 aromatic heterocycles. The standard InChI is InChI=1S/C13H13ClN2O3/c1-3-6-15-11(17)13(2)12(18)16-9-7-8(14)4-5-10(9)19-13/h3-5,7H,1,6H2,2H3,(H,15,17)(H,16,18)/t13-/m1/s1. The summed E-state index contributed by atoms with van der Waals surface area (Å²) < 4.78 is 5.53. The highest BCUT2D eigenvalue weighted by Crippen LogP contribution is 2.35. The molecule has 0 unspecified atom stereocenters. The van der Waals surface area contributed by atoms with E-state index in [1.807, 2.05) is 0 Å². The zero-order valence-electron chi connectivity index (χ0n) is 10.3. The Balaban J connectivity index is 2.30. The Hall–Kier alpha value is -2.01. The maximum atomic E-state index is 12.0. The molecule has 2 rings (SSSR count). The number of amides is 2. The average molecular weight is 281 g/mol. The minimum Gasteiger partial charge on any atom is -0.466 e. The molecule has 0 saturated heterocycles. The van der Waals surface area contributed by atoms with E-state index >= 15 is 0 Å². The van der Waals surface area contributed by atoms with Crippen LogP contribution in [0.5, 0.6) is 5.75 Å². The Bertz CT molecular complexity index is 559. The van der Waals surface area contributed by atoms with Crippen molar-refractivity contribution in [3.05, 3.63) is 35.9 Å². The fraction of sp³-hybridized carbons (Fsp3) is 0.231. The molecule has 1 aliphatic rings. The summed E-state index contributed by atoms with van der Waals surface area (Å²) >= 11 is 5.83. The van der Waals surface area contributed by atoms with E-state index in [4.69, 9.17) is 16.3 Å². The molecule has 0 radical (unpaired) electrons. The molecule has 0 aliphatic carbocycles. The quantitative estimate of drug-likeness (QED) is 0.654.